The molecule has 0 saturated heterocycles. The minimum absolute atomic E-state index is 0. The van der Waals surface area contributed by atoms with Gasteiger partial charge in [-0.25, -0.2) is 0 Å². The number of carboxylic acid groups (broad SMARTS) is 1. The Kier molecular flexibility index (Phi) is 9.49. The van der Waals surface area contributed by atoms with Crippen molar-refractivity contribution < 1.29 is 9.90 Å². The molecule has 0 heterocycles. The Hall–Kier alpha value is 0.392. The van der Waals surface area contributed by atoms with Crippen LogP contribution in [0.15, 0.2) is 0 Å². The molecule has 0 bridgehead atoms. The van der Waals surface area contributed by atoms with Crippen molar-refractivity contribution in [3.8, 4) is 0 Å². The molecule has 2 nitrogen and oxygen atoms in total. The Balaban J connectivity index is 0. The van der Waals surface area contributed by atoms with Crippen LogP contribution in [0.3, 0.4) is 0 Å². The second kappa shape index (κ2) is 6.39. The summed E-state index contributed by atoms with van der Waals surface area (Å²) in [5, 5.41) is 9.49. The van der Waals surface area contributed by atoms with Crippen molar-refractivity contribution in [3.05, 3.63) is 0 Å². The Bertz CT molecular complexity index is 53.7. The van der Waals surface area contributed by atoms with Gasteiger partial charge < -0.3 is 9.90 Å². The van der Waals surface area contributed by atoms with E-state index in [1.165, 1.54) is 0 Å². The van der Waals surface area contributed by atoms with Crippen LogP contribution in [0.4, 0.5) is 0 Å². The summed E-state index contributed by atoms with van der Waals surface area (Å²) in [4.78, 5) is 9.49. The number of carboxylic acids is 1. The molecule has 0 amide bonds. The molecule has 0 spiro atoms. The molecule has 38 valence electrons. The van der Waals surface area contributed by atoms with E-state index >= 15 is 0 Å². The van der Waals surface area contributed by atoms with Crippen LogP contribution < -0.4 is 5.11 Å². The second-order valence-electron chi connectivity index (χ2n) is 1.12. The molecule has 0 aliphatic heterocycles. The molecule has 0 atom stereocenters. The van der Waals surface area contributed by atoms with Gasteiger partial charge in [0.2, 0.25) is 0 Å². The van der Waals surface area contributed by atoms with E-state index in [0.717, 1.165) is 0 Å². The minimum Gasteiger partial charge on any atom is -0.550 e. The van der Waals surface area contributed by atoms with E-state index in [4.69, 9.17) is 0 Å². The smallest absolute Gasteiger partial charge is 0.550 e. The average molecular weight is 291 g/mol. The number of rotatable bonds is 2. The van der Waals surface area contributed by atoms with Crippen LogP contribution in [0.25, 0.3) is 0 Å². The molecular weight excluding hydrogens is 284 g/mol. The van der Waals surface area contributed by atoms with Crippen LogP contribution in [-0.4, -0.2) is 33.3 Å². The first kappa shape index (κ1) is 10.4. The first-order valence-corrected chi connectivity index (χ1v) is 1.97. The van der Waals surface area contributed by atoms with Gasteiger partial charge in [-0.15, -0.1) is 0 Å². The molecule has 0 aromatic carbocycles. The number of carbonyl (C=O) groups excluding carboxylic acids is 1. The van der Waals surface area contributed by atoms with Crippen molar-refractivity contribution >= 4 is 33.3 Å². The molecule has 3 heteroatoms. The van der Waals surface area contributed by atoms with Crippen molar-refractivity contribution in [1.82, 2.24) is 0 Å². The number of hydrogen-bond acceptors (Lipinski definition) is 2. The second-order valence-corrected chi connectivity index (χ2v) is 1.12. The standard InChI is InChI=1S/C4H8O2.Tl/c1-2-3-4(5)6;/h2-3H2,1H3,(H,5,6);/q;+1/p-1. The van der Waals surface area contributed by atoms with Gasteiger partial charge in [-0.1, -0.05) is 13.3 Å². The van der Waals surface area contributed by atoms with Crippen LogP contribution in [0.5, 0.6) is 0 Å². The van der Waals surface area contributed by atoms with Gasteiger partial charge in [-0.3, -0.25) is 0 Å². The summed E-state index contributed by atoms with van der Waals surface area (Å²) in [6.07, 6.45) is 0.850. The first-order valence-electron chi connectivity index (χ1n) is 1.97. The summed E-state index contributed by atoms with van der Waals surface area (Å²) in [5.74, 6) is -0.961. The molecule has 7 heavy (non-hydrogen) atoms. The van der Waals surface area contributed by atoms with Gasteiger partial charge in [0.1, 0.15) is 0 Å². The van der Waals surface area contributed by atoms with Gasteiger partial charge in [-0.2, -0.15) is 0 Å². The molecule has 0 aliphatic rings. The third-order valence-corrected chi connectivity index (χ3v) is 0.454. The maximum Gasteiger partial charge on any atom is 1.00 e. The van der Waals surface area contributed by atoms with Crippen molar-refractivity contribution in [1.29, 1.82) is 0 Å². The summed E-state index contributed by atoms with van der Waals surface area (Å²) in [6, 6.07) is 0. The Morgan fingerprint density at radius 3 is 2.14 bits per heavy atom. The fourth-order valence-corrected chi connectivity index (χ4v) is 0.204. The van der Waals surface area contributed by atoms with Crippen LogP contribution in [0, 0.1) is 0 Å². The van der Waals surface area contributed by atoms with Gasteiger partial charge in [0.25, 0.3) is 0 Å². The Morgan fingerprint density at radius 2 is 2.14 bits per heavy atom. The molecule has 0 unspecified atom stereocenters. The molecular formula is C4H7O2Tl. The molecule has 0 aromatic rings. The zero-order valence-corrected chi connectivity index (χ0v) is 8.80. The Morgan fingerprint density at radius 1 is 1.71 bits per heavy atom. The number of hydrogen-bond donors (Lipinski definition) is 0. The molecule has 0 aliphatic carbocycles. The van der Waals surface area contributed by atoms with E-state index in [1.54, 1.807) is 6.92 Å². The fourth-order valence-electron chi connectivity index (χ4n) is 0.204. The molecule has 0 N–H and O–H groups in total. The third kappa shape index (κ3) is 10.7. The SMILES string of the molecule is CCCC(=O)[O-].[Tl+]. The maximum absolute atomic E-state index is 9.49. The molecule has 0 aromatic heterocycles. The molecule has 0 fully saturated rings. The normalized spacial score (nSPS) is 7.00. The largest absolute Gasteiger partial charge is 1.00 e. The van der Waals surface area contributed by atoms with Crippen LogP contribution in [0.1, 0.15) is 19.8 Å². The Labute approximate surface area is 63.1 Å². The van der Waals surface area contributed by atoms with E-state index < -0.39 is 5.97 Å². The molecule has 0 radical (unpaired) electrons. The summed E-state index contributed by atoms with van der Waals surface area (Å²) < 4.78 is 0. The maximum atomic E-state index is 9.49. The van der Waals surface area contributed by atoms with E-state index in [2.05, 4.69) is 0 Å². The monoisotopic (exact) mass is 292 g/mol. The van der Waals surface area contributed by atoms with E-state index in [-0.39, 0.29) is 33.7 Å². The van der Waals surface area contributed by atoms with Gasteiger partial charge in [0, 0.05) is 5.97 Å². The summed E-state index contributed by atoms with van der Waals surface area (Å²) >= 11 is 0. The van der Waals surface area contributed by atoms with Crippen molar-refractivity contribution in [2.75, 3.05) is 0 Å². The quantitative estimate of drug-likeness (QED) is 0.622. The van der Waals surface area contributed by atoms with E-state index in [1.807, 2.05) is 0 Å². The van der Waals surface area contributed by atoms with Gasteiger partial charge in [-0.05, 0) is 6.42 Å². The zero-order valence-electron chi connectivity index (χ0n) is 4.31. The third-order valence-electron chi connectivity index (χ3n) is 0.454. The van der Waals surface area contributed by atoms with Gasteiger partial charge in [0.15, 0.2) is 0 Å². The topological polar surface area (TPSA) is 40.1 Å². The minimum atomic E-state index is -0.961. The summed E-state index contributed by atoms with van der Waals surface area (Å²) in [5.41, 5.74) is 0. The molecule has 0 rings (SSSR count). The van der Waals surface area contributed by atoms with E-state index in [0.29, 0.717) is 6.42 Å². The van der Waals surface area contributed by atoms with Crippen LogP contribution in [-0.2, 0) is 4.79 Å². The first-order chi connectivity index (χ1) is 2.77. The summed E-state index contributed by atoms with van der Waals surface area (Å²) in [7, 11) is 0. The summed E-state index contributed by atoms with van der Waals surface area (Å²) in [6.45, 7) is 1.80. The van der Waals surface area contributed by atoms with Crippen LogP contribution in [0.2, 0.25) is 0 Å². The predicted molar refractivity (Wildman–Crippen MR) is 25.7 cm³/mol. The van der Waals surface area contributed by atoms with Crippen LogP contribution >= 0.6 is 0 Å². The fraction of sp³-hybridized carbons (Fsp3) is 0.750. The zero-order chi connectivity index (χ0) is 4.99. The van der Waals surface area contributed by atoms with Gasteiger partial charge >= 0.3 is 27.3 Å². The number of carbonyl (C=O) groups is 1. The van der Waals surface area contributed by atoms with Crippen molar-refractivity contribution in [2.45, 2.75) is 19.8 Å². The van der Waals surface area contributed by atoms with E-state index in [9.17, 15) is 9.90 Å². The van der Waals surface area contributed by atoms with Crippen molar-refractivity contribution in [3.63, 3.8) is 0 Å². The molecule has 0 saturated carbocycles. The average Bonchev–Trinajstić information content (AvgIpc) is 1.35. The predicted octanol–water partition coefficient (Wildman–Crippen LogP) is -0.844. The van der Waals surface area contributed by atoms with Gasteiger partial charge in [0.05, 0.1) is 0 Å². The van der Waals surface area contributed by atoms with Crippen molar-refractivity contribution in [2.24, 2.45) is 0 Å². The number of aliphatic carboxylic acids is 1.